The largest absolute Gasteiger partial charge is 0.445 e. The van der Waals surface area contributed by atoms with Gasteiger partial charge in [-0.1, -0.05) is 88.4 Å². The Hall–Kier alpha value is -3.62. The average molecular weight is 517 g/mol. The predicted molar refractivity (Wildman–Crippen MR) is 135 cm³/mol. The Balaban J connectivity index is 2.19. The summed E-state index contributed by atoms with van der Waals surface area (Å²) in [6.07, 6.45) is -1.60. The molecule has 0 fully saturated rings. The smallest absolute Gasteiger partial charge is 0.408 e. The van der Waals surface area contributed by atoms with Crippen molar-refractivity contribution in [2.24, 2.45) is 11.8 Å². The highest BCUT2D eigenvalue weighted by Gasteiger charge is 2.50. The van der Waals surface area contributed by atoms with E-state index in [0.29, 0.717) is 5.56 Å². The molecule has 200 valence electrons. The maximum atomic E-state index is 14.9. The van der Waals surface area contributed by atoms with Crippen LogP contribution in [-0.4, -0.2) is 41.6 Å². The lowest BCUT2D eigenvalue weighted by atomic mass is 9.93. The number of carbonyl (C=O) groups excluding carboxylic acids is 4. The van der Waals surface area contributed by atoms with Crippen LogP contribution in [0.4, 0.5) is 13.6 Å². The summed E-state index contributed by atoms with van der Waals surface area (Å²) in [6.45, 7) is 6.46. The highest BCUT2D eigenvalue weighted by atomic mass is 19.3. The Kier molecular flexibility index (Phi) is 10.9. The van der Waals surface area contributed by atoms with Crippen molar-refractivity contribution in [3.8, 4) is 0 Å². The fraction of sp³-hybridized carbons (Fsp3) is 0.429. The van der Waals surface area contributed by atoms with Gasteiger partial charge in [0.15, 0.2) is 0 Å². The van der Waals surface area contributed by atoms with Crippen LogP contribution in [-0.2, 0) is 32.1 Å². The summed E-state index contributed by atoms with van der Waals surface area (Å²) in [6, 6.07) is 14.4. The zero-order valence-electron chi connectivity index (χ0n) is 21.5. The minimum Gasteiger partial charge on any atom is -0.445 e. The summed E-state index contributed by atoms with van der Waals surface area (Å²) in [5.74, 6) is -9.13. The number of ether oxygens (including phenoxy) is 1. The van der Waals surface area contributed by atoms with Gasteiger partial charge in [0, 0.05) is 12.8 Å². The maximum absolute atomic E-state index is 14.9. The van der Waals surface area contributed by atoms with Crippen molar-refractivity contribution < 1.29 is 32.7 Å². The normalized spacial score (nSPS) is 13.1. The first kappa shape index (κ1) is 29.6. The van der Waals surface area contributed by atoms with Crippen molar-refractivity contribution in [3.63, 3.8) is 0 Å². The van der Waals surface area contributed by atoms with E-state index in [2.05, 4.69) is 10.6 Å². The second-order valence-corrected chi connectivity index (χ2v) is 9.64. The van der Waals surface area contributed by atoms with Gasteiger partial charge in [0.25, 0.3) is 0 Å². The predicted octanol–water partition coefficient (Wildman–Crippen LogP) is 4.48. The van der Waals surface area contributed by atoms with Crippen LogP contribution in [0.1, 0.15) is 45.2 Å². The number of carbonyl (C=O) groups is 4. The third kappa shape index (κ3) is 9.08. The van der Waals surface area contributed by atoms with Gasteiger partial charge in [-0.05, 0) is 23.0 Å². The van der Waals surface area contributed by atoms with Gasteiger partial charge >= 0.3 is 12.0 Å². The van der Waals surface area contributed by atoms with Crippen LogP contribution in [0.15, 0.2) is 60.7 Å². The number of alkyl halides is 2. The van der Waals surface area contributed by atoms with E-state index in [-0.39, 0.29) is 18.9 Å². The lowest BCUT2D eigenvalue weighted by Gasteiger charge is -2.27. The van der Waals surface area contributed by atoms with Gasteiger partial charge in [0.2, 0.25) is 17.5 Å². The quantitative estimate of drug-likeness (QED) is 0.382. The third-order valence-corrected chi connectivity index (χ3v) is 5.60. The van der Waals surface area contributed by atoms with Gasteiger partial charge in [-0.3, -0.25) is 14.4 Å². The summed E-state index contributed by atoms with van der Waals surface area (Å²) in [7, 11) is 0. The van der Waals surface area contributed by atoms with Gasteiger partial charge in [-0.15, -0.1) is 0 Å². The fourth-order valence-corrected chi connectivity index (χ4v) is 3.60. The van der Waals surface area contributed by atoms with Crippen LogP contribution in [0.5, 0.6) is 0 Å². The maximum Gasteiger partial charge on any atom is 0.408 e. The first-order valence-electron chi connectivity index (χ1n) is 12.2. The molecule has 0 spiro atoms. The van der Waals surface area contributed by atoms with Gasteiger partial charge in [-0.25, -0.2) is 4.79 Å². The van der Waals surface area contributed by atoms with E-state index in [1.807, 2.05) is 6.07 Å². The number of hydrogen-bond donors (Lipinski definition) is 2. The van der Waals surface area contributed by atoms with Crippen LogP contribution in [0.3, 0.4) is 0 Å². The Morgan fingerprint density at radius 1 is 0.838 bits per heavy atom. The van der Waals surface area contributed by atoms with E-state index in [4.69, 9.17) is 4.74 Å². The van der Waals surface area contributed by atoms with E-state index >= 15 is 0 Å². The van der Waals surface area contributed by atoms with E-state index < -0.39 is 53.9 Å². The van der Waals surface area contributed by atoms with Crippen LogP contribution >= 0.6 is 0 Å². The van der Waals surface area contributed by atoms with Crippen LogP contribution < -0.4 is 10.6 Å². The second-order valence-electron chi connectivity index (χ2n) is 9.64. The molecule has 0 aliphatic rings. The third-order valence-electron chi connectivity index (χ3n) is 5.60. The number of ketones is 2. The molecular formula is C28H34F2N2O5. The lowest BCUT2D eigenvalue weighted by Crippen LogP contribution is -2.57. The number of Topliss-reactive ketones (excluding diaryl/α,β-unsaturated/α-hetero) is 2. The summed E-state index contributed by atoms with van der Waals surface area (Å²) >= 11 is 0. The molecule has 2 N–H and O–H groups in total. The molecule has 0 aliphatic heterocycles. The molecule has 1 unspecified atom stereocenters. The number of benzene rings is 2. The summed E-state index contributed by atoms with van der Waals surface area (Å²) in [5.41, 5.74) is 1.26. The van der Waals surface area contributed by atoms with Crippen LogP contribution in [0.25, 0.3) is 0 Å². The number of nitrogens with one attached hydrogen (secondary N) is 2. The van der Waals surface area contributed by atoms with Gasteiger partial charge in [0.05, 0.1) is 6.04 Å². The van der Waals surface area contributed by atoms with Crippen LogP contribution in [0.2, 0.25) is 0 Å². The van der Waals surface area contributed by atoms with Crippen molar-refractivity contribution in [1.82, 2.24) is 10.6 Å². The average Bonchev–Trinajstić information content (AvgIpc) is 2.85. The van der Waals surface area contributed by atoms with Crippen molar-refractivity contribution >= 4 is 23.6 Å². The molecule has 2 aromatic rings. The Morgan fingerprint density at radius 2 is 1.38 bits per heavy atom. The van der Waals surface area contributed by atoms with Crippen LogP contribution in [0, 0.1) is 11.8 Å². The second kappa shape index (κ2) is 13.6. The summed E-state index contributed by atoms with van der Waals surface area (Å²) < 4.78 is 34.9. The molecule has 0 aromatic heterocycles. The molecular weight excluding hydrogens is 482 g/mol. The topological polar surface area (TPSA) is 102 Å². The molecule has 2 aromatic carbocycles. The fourth-order valence-electron chi connectivity index (χ4n) is 3.60. The zero-order chi connectivity index (χ0) is 27.6. The highest BCUT2D eigenvalue weighted by molar-refractivity contribution is 6.11. The summed E-state index contributed by atoms with van der Waals surface area (Å²) in [5, 5.41) is 4.79. The van der Waals surface area contributed by atoms with E-state index in [1.165, 1.54) is 0 Å². The van der Waals surface area contributed by atoms with E-state index in [0.717, 1.165) is 5.56 Å². The molecule has 0 radical (unpaired) electrons. The Bertz CT molecular complexity index is 1060. The molecule has 9 heteroatoms. The first-order chi connectivity index (χ1) is 17.4. The first-order valence-corrected chi connectivity index (χ1v) is 12.2. The Morgan fingerprint density at radius 3 is 1.89 bits per heavy atom. The zero-order valence-corrected chi connectivity index (χ0v) is 21.5. The SMILES string of the molecule is CC(C)CC(=O)C(F)(F)C(=O)C(Cc1ccccc1)NC(=O)[C@@H](NC(=O)OCc1ccccc1)C(C)C. The van der Waals surface area contributed by atoms with E-state index in [9.17, 15) is 28.0 Å². The minimum absolute atomic E-state index is 0.0294. The molecule has 2 atom stereocenters. The van der Waals surface area contributed by atoms with Gasteiger partial charge < -0.3 is 15.4 Å². The molecule has 7 nitrogen and oxygen atoms in total. The molecule has 37 heavy (non-hydrogen) atoms. The van der Waals surface area contributed by atoms with Crippen molar-refractivity contribution in [2.75, 3.05) is 0 Å². The molecule has 2 rings (SSSR count). The van der Waals surface area contributed by atoms with Crippen molar-refractivity contribution in [2.45, 2.75) is 65.1 Å². The Labute approximate surface area is 216 Å². The monoisotopic (exact) mass is 516 g/mol. The number of amides is 2. The van der Waals surface area contributed by atoms with E-state index in [1.54, 1.807) is 82.3 Å². The highest BCUT2D eigenvalue weighted by Crippen LogP contribution is 2.24. The molecule has 0 heterocycles. The number of rotatable bonds is 13. The van der Waals surface area contributed by atoms with Gasteiger partial charge in [-0.2, -0.15) is 8.78 Å². The number of halogens is 2. The number of alkyl carbamates (subject to hydrolysis) is 1. The minimum atomic E-state index is -4.27. The van der Waals surface area contributed by atoms with Crippen molar-refractivity contribution in [3.05, 3.63) is 71.8 Å². The summed E-state index contributed by atoms with van der Waals surface area (Å²) in [4.78, 5) is 50.5. The standard InChI is InChI=1S/C28H34F2N2O5/c1-18(2)15-23(33)28(29,30)25(34)22(16-20-11-7-5-8-12-20)31-26(35)24(19(3)4)32-27(36)37-17-21-13-9-6-10-14-21/h5-14,18-19,22,24H,15-17H2,1-4H3,(H,31,35)(H,32,36)/t22?,24-/m0/s1. The van der Waals surface area contributed by atoms with Gasteiger partial charge in [0.1, 0.15) is 12.6 Å². The van der Waals surface area contributed by atoms with Crippen molar-refractivity contribution in [1.29, 1.82) is 0 Å². The lowest BCUT2D eigenvalue weighted by molar-refractivity contribution is -0.159. The molecule has 0 aliphatic carbocycles. The number of hydrogen-bond acceptors (Lipinski definition) is 5. The molecule has 0 saturated heterocycles. The molecule has 2 amide bonds. The molecule has 0 saturated carbocycles. The molecule has 0 bridgehead atoms.